The monoisotopic (exact) mass is 297 g/mol. The molecular weight excluding hydrogens is 282 g/mol. The summed E-state index contributed by atoms with van der Waals surface area (Å²) in [5, 5.41) is 4.63. The van der Waals surface area contributed by atoms with Gasteiger partial charge in [-0.2, -0.15) is 0 Å². The lowest BCUT2D eigenvalue weighted by Gasteiger charge is -2.36. The van der Waals surface area contributed by atoms with Gasteiger partial charge >= 0.3 is 0 Å². The molecule has 2 aromatic heterocycles. The molecule has 4 nitrogen and oxygen atoms in total. The number of aromatic nitrogens is 2. The highest BCUT2D eigenvalue weighted by molar-refractivity contribution is 7.18. The molecule has 0 aromatic carbocycles. The van der Waals surface area contributed by atoms with E-state index in [9.17, 15) is 0 Å². The zero-order valence-corrected chi connectivity index (χ0v) is 12.4. The van der Waals surface area contributed by atoms with Crippen molar-refractivity contribution in [3.8, 4) is 0 Å². The van der Waals surface area contributed by atoms with Crippen LogP contribution in [0.25, 0.3) is 10.2 Å². The number of thiophene rings is 1. The lowest BCUT2D eigenvalue weighted by Crippen LogP contribution is -2.45. The number of hydrogen-bond donors (Lipinski definition) is 1. The van der Waals surface area contributed by atoms with Crippen molar-refractivity contribution in [2.24, 2.45) is 0 Å². The Morgan fingerprint density at radius 1 is 1.42 bits per heavy atom. The molecule has 1 aliphatic rings. The molecule has 1 saturated heterocycles. The number of halogens is 1. The van der Waals surface area contributed by atoms with Gasteiger partial charge in [-0.05, 0) is 25.8 Å². The van der Waals surface area contributed by atoms with Gasteiger partial charge in [-0.25, -0.2) is 9.97 Å². The van der Waals surface area contributed by atoms with Crippen LogP contribution in [0.3, 0.4) is 0 Å². The fourth-order valence-electron chi connectivity index (χ4n) is 2.38. The van der Waals surface area contributed by atoms with Gasteiger partial charge in [0.05, 0.1) is 10.9 Å². The molecule has 1 N–H and O–H groups in total. The summed E-state index contributed by atoms with van der Waals surface area (Å²) in [7, 11) is 0. The molecule has 19 heavy (non-hydrogen) atoms. The van der Waals surface area contributed by atoms with Crippen LogP contribution in [0, 0.1) is 6.92 Å². The third-order valence-corrected chi connectivity index (χ3v) is 5.01. The quantitative estimate of drug-likeness (QED) is 0.884. The molecule has 0 spiro atoms. The third kappa shape index (κ3) is 2.55. The lowest BCUT2D eigenvalue weighted by molar-refractivity contribution is 0.0667. The average molecular weight is 298 g/mol. The molecule has 3 rings (SSSR count). The summed E-state index contributed by atoms with van der Waals surface area (Å²) in [6, 6.07) is 2.13. The maximum atomic E-state index is 6.18. The van der Waals surface area contributed by atoms with Gasteiger partial charge < -0.3 is 10.1 Å². The van der Waals surface area contributed by atoms with E-state index in [2.05, 4.69) is 28.3 Å². The molecular formula is C13H16ClN3OS. The number of nitrogens with one attached hydrogen (secondary N) is 1. The SMILES string of the molecule is Cc1cc2c(NC3(CCl)CCOCC3)ncnc2s1. The van der Waals surface area contributed by atoms with Crippen LogP contribution in [0.4, 0.5) is 5.82 Å². The highest BCUT2D eigenvalue weighted by Crippen LogP contribution is 2.32. The highest BCUT2D eigenvalue weighted by atomic mass is 35.5. The summed E-state index contributed by atoms with van der Waals surface area (Å²) < 4.78 is 5.43. The van der Waals surface area contributed by atoms with Crippen LogP contribution in [0.5, 0.6) is 0 Å². The summed E-state index contributed by atoms with van der Waals surface area (Å²) in [5.41, 5.74) is -0.114. The van der Waals surface area contributed by atoms with Crippen molar-refractivity contribution < 1.29 is 4.74 Å². The van der Waals surface area contributed by atoms with Crippen molar-refractivity contribution in [3.05, 3.63) is 17.3 Å². The number of fused-ring (bicyclic) bond motifs is 1. The Morgan fingerprint density at radius 2 is 2.21 bits per heavy atom. The molecule has 0 radical (unpaired) electrons. The number of rotatable bonds is 3. The predicted octanol–water partition coefficient (Wildman–Crippen LogP) is 3.20. The Hall–Kier alpha value is -0.910. The van der Waals surface area contributed by atoms with Gasteiger partial charge in [0.1, 0.15) is 17.0 Å². The maximum absolute atomic E-state index is 6.18. The second kappa shape index (κ2) is 5.23. The minimum atomic E-state index is -0.114. The summed E-state index contributed by atoms with van der Waals surface area (Å²) in [6.45, 7) is 3.58. The molecule has 6 heteroatoms. The average Bonchev–Trinajstić information content (AvgIpc) is 2.81. The fraction of sp³-hybridized carbons (Fsp3) is 0.538. The van der Waals surface area contributed by atoms with Crippen LogP contribution in [0.15, 0.2) is 12.4 Å². The van der Waals surface area contributed by atoms with E-state index in [4.69, 9.17) is 16.3 Å². The summed E-state index contributed by atoms with van der Waals surface area (Å²) in [6.07, 6.45) is 3.43. The van der Waals surface area contributed by atoms with Crippen LogP contribution in [0.1, 0.15) is 17.7 Å². The van der Waals surface area contributed by atoms with Gasteiger partial charge in [-0.1, -0.05) is 0 Å². The molecule has 1 aliphatic heterocycles. The van der Waals surface area contributed by atoms with Crippen molar-refractivity contribution in [1.82, 2.24) is 9.97 Å². The number of alkyl halides is 1. The first-order chi connectivity index (χ1) is 9.22. The first-order valence-electron chi connectivity index (χ1n) is 6.35. The van der Waals surface area contributed by atoms with Crippen LogP contribution >= 0.6 is 22.9 Å². The van der Waals surface area contributed by atoms with Crippen molar-refractivity contribution in [2.75, 3.05) is 24.4 Å². The summed E-state index contributed by atoms with van der Waals surface area (Å²) in [5.74, 6) is 1.45. The van der Waals surface area contributed by atoms with Gasteiger partial charge in [-0.3, -0.25) is 0 Å². The number of aryl methyl sites for hydroxylation is 1. The van der Waals surface area contributed by atoms with E-state index in [1.807, 2.05) is 0 Å². The Bertz CT molecular complexity index is 580. The Kier molecular flexibility index (Phi) is 3.60. The number of nitrogens with zero attached hydrogens (tertiary/aromatic N) is 2. The molecule has 0 bridgehead atoms. The summed E-state index contributed by atoms with van der Waals surface area (Å²) >= 11 is 7.87. The molecule has 0 saturated carbocycles. The highest BCUT2D eigenvalue weighted by Gasteiger charge is 2.32. The standard InChI is InChI=1S/C13H16ClN3OS/c1-9-6-10-11(15-8-16-12(10)19-9)17-13(7-14)2-4-18-5-3-13/h6,8H,2-5,7H2,1H3,(H,15,16,17). The van der Waals surface area contributed by atoms with Crippen molar-refractivity contribution >= 4 is 39.0 Å². The van der Waals surface area contributed by atoms with E-state index in [1.165, 1.54) is 4.88 Å². The van der Waals surface area contributed by atoms with Gasteiger partial charge in [0.2, 0.25) is 0 Å². The van der Waals surface area contributed by atoms with Crippen molar-refractivity contribution in [3.63, 3.8) is 0 Å². The summed E-state index contributed by atoms with van der Waals surface area (Å²) in [4.78, 5) is 11.0. The topological polar surface area (TPSA) is 47.0 Å². The van der Waals surface area contributed by atoms with Crippen LogP contribution in [-0.2, 0) is 4.74 Å². The number of hydrogen-bond acceptors (Lipinski definition) is 5. The normalized spacial score (nSPS) is 18.6. The molecule has 2 aromatic rings. The Labute approximate surface area is 121 Å². The largest absolute Gasteiger partial charge is 0.381 e. The Morgan fingerprint density at radius 3 is 2.95 bits per heavy atom. The van der Waals surface area contributed by atoms with E-state index in [-0.39, 0.29) is 5.54 Å². The van der Waals surface area contributed by atoms with Crippen LogP contribution in [-0.4, -0.2) is 34.6 Å². The zero-order chi connectivity index (χ0) is 13.3. The molecule has 0 unspecified atom stereocenters. The molecule has 0 aliphatic carbocycles. The predicted molar refractivity (Wildman–Crippen MR) is 79.3 cm³/mol. The number of anilines is 1. The smallest absolute Gasteiger partial charge is 0.138 e. The first-order valence-corrected chi connectivity index (χ1v) is 7.71. The minimum Gasteiger partial charge on any atom is -0.381 e. The first kappa shape index (κ1) is 13.1. The van der Waals surface area contributed by atoms with Crippen LogP contribution < -0.4 is 5.32 Å². The zero-order valence-electron chi connectivity index (χ0n) is 10.8. The van der Waals surface area contributed by atoms with Gasteiger partial charge in [0.25, 0.3) is 0 Å². The van der Waals surface area contributed by atoms with Crippen LogP contribution in [0.2, 0.25) is 0 Å². The van der Waals surface area contributed by atoms with E-state index < -0.39 is 0 Å². The molecule has 0 atom stereocenters. The van der Waals surface area contributed by atoms with Gasteiger partial charge in [0, 0.05) is 24.0 Å². The second-order valence-electron chi connectivity index (χ2n) is 4.95. The third-order valence-electron chi connectivity index (χ3n) is 3.54. The molecule has 102 valence electrons. The van der Waals surface area contributed by atoms with Gasteiger partial charge in [0.15, 0.2) is 0 Å². The lowest BCUT2D eigenvalue weighted by atomic mass is 9.92. The Balaban J connectivity index is 1.95. The second-order valence-corrected chi connectivity index (χ2v) is 6.45. The maximum Gasteiger partial charge on any atom is 0.138 e. The van der Waals surface area contributed by atoms with E-state index in [0.717, 1.165) is 42.1 Å². The van der Waals surface area contributed by atoms with E-state index in [1.54, 1.807) is 17.7 Å². The molecule has 1 fully saturated rings. The molecule has 0 amide bonds. The van der Waals surface area contributed by atoms with E-state index >= 15 is 0 Å². The van der Waals surface area contributed by atoms with Crippen molar-refractivity contribution in [2.45, 2.75) is 25.3 Å². The van der Waals surface area contributed by atoms with Gasteiger partial charge in [-0.15, -0.1) is 22.9 Å². The minimum absolute atomic E-state index is 0.114. The van der Waals surface area contributed by atoms with Crippen molar-refractivity contribution in [1.29, 1.82) is 0 Å². The number of ether oxygens (including phenoxy) is 1. The fourth-order valence-corrected chi connectivity index (χ4v) is 3.56. The van der Waals surface area contributed by atoms with E-state index in [0.29, 0.717) is 5.88 Å². The molecule has 3 heterocycles.